The maximum atomic E-state index is 3.36. The van der Waals surface area contributed by atoms with Crippen LogP contribution in [0, 0.1) is 5.92 Å². The number of nitrogens with one attached hydrogen (secondary N) is 1. The SMILES string of the molecule is CNC(C)(C)CN(C)CCC1CCN(C)C1. The van der Waals surface area contributed by atoms with Gasteiger partial charge in [0.15, 0.2) is 0 Å². The third kappa shape index (κ3) is 4.81. The first-order chi connectivity index (χ1) is 7.43. The first kappa shape index (κ1) is 13.9. The van der Waals surface area contributed by atoms with Crippen molar-refractivity contribution in [3.63, 3.8) is 0 Å². The van der Waals surface area contributed by atoms with Gasteiger partial charge in [0.25, 0.3) is 0 Å². The first-order valence-corrected chi connectivity index (χ1v) is 6.49. The standard InChI is InChI=1S/C13H29N3/c1-13(2,14-3)11-16(5)9-7-12-6-8-15(4)10-12/h12,14H,6-11H2,1-5H3. The lowest BCUT2D eigenvalue weighted by Crippen LogP contribution is -2.46. The van der Waals surface area contributed by atoms with Crippen LogP contribution in [0.5, 0.6) is 0 Å². The van der Waals surface area contributed by atoms with Crippen molar-refractivity contribution < 1.29 is 0 Å². The maximum Gasteiger partial charge on any atom is 0.0249 e. The van der Waals surface area contributed by atoms with Crippen molar-refractivity contribution in [1.29, 1.82) is 0 Å². The van der Waals surface area contributed by atoms with Crippen molar-refractivity contribution in [3.8, 4) is 0 Å². The zero-order valence-electron chi connectivity index (χ0n) is 11.7. The second-order valence-electron chi connectivity index (χ2n) is 6.08. The first-order valence-electron chi connectivity index (χ1n) is 6.49. The average Bonchev–Trinajstić information content (AvgIpc) is 2.61. The quantitative estimate of drug-likeness (QED) is 0.737. The van der Waals surface area contributed by atoms with E-state index in [1.165, 1.54) is 32.5 Å². The monoisotopic (exact) mass is 227 g/mol. The summed E-state index contributed by atoms with van der Waals surface area (Å²) in [5.74, 6) is 0.921. The molecule has 0 saturated carbocycles. The number of nitrogens with zero attached hydrogens (tertiary/aromatic N) is 2. The second-order valence-corrected chi connectivity index (χ2v) is 6.08. The molecule has 1 heterocycles. The van der Waals surface area contributed by atoms with E-state index >= 15 is 0 Å². The predicted molar refractivity (Wildman–Crippen MR) is 70.9 cm³/mol. The van der Waals surface area contributed by atoms with Crippen LogP contribution in [-0.2, 0) is 0 Å². The topological polar surface area (TPSA) is 18.5 Å². The molecule has 1 aliphatic rings. The zero-order valence-corrected chi connectivity index (χ0v) is 11.7. The fraction of sp³-hybridized carbons (Fsp3) is 1.00. The van der Waals surface area contributed by atoms with Crippen molar-refractivity contribution >= 4 is 0 Å². The molecule has 0 bridgehead atoms. The Kier molecular flexibility index (Phi) is 5.22. The normalized spacial score (nSPS) is 23.2. The molecule has 1 unspecified atom stereocenters. The average molecular weight is 227 g/mol. The van der Waals surface area contributed by atoms with Gasteiger partial charge < -0.3 is 15.1 Å². The van der Waals surface area contributed by atoms with E-state index in [1.807, 2.05) is 7.05 Å². The highest BCUT2D eigenvalue weighted by Gasteiger charge is 2.21. The molecule has 3 heteroatoms. The molecule has 3 nitrogen and oxygen atoms in total. The lowest BCUT2D eigenvalue weighted by Gasteiger charge is -2.30. The van der Waals surface area contributed by atoms with Gasteiger partial charge in [-0.25, -0.2) is 0 Å². The van der Waals surface area contributed by atoms with E-state index in [2.05, 4.69) is 43.1 Å². The van der Waals surface area contributed by atoms with Crippen LogP contribution in [0.1, 0.15) is 26.7 Å². The molecular formula is C13H29N3. The minimum absolute atomic E-state index is 0.223. The van der Waals surface area contributed by atoms with E-state index < -0.39 is 0 Å². The van der Waals surface area contributed by atoms with Crippen LogP contribution >= 0.6 is 0 Å². The molecule has 1 N–H and O–H groups in total. The van der Waals surface area contributed by atoms with Crippen molar-refractivity contribution in [2.75, 3.05) is 47.3 Å². The largest absolute Gasteiger partial charge is 0.314 e. The van der Waals surface area contributed by atoms with Gasteiger partial charge in [0.05, 0.1) is 0 Å². The van der Waals surface area contributed by atoms with Gasteiger partial charge in [-0.05, 0) is 66.8 Å². The summed E-state index contributed by atoms with van der Waals surface area (Å²) in [6.45, 7) is 9.44. The lowest BCUT2D eigenvalue weighted by molar-refractivity contribution is 0.230. The Bertz CT molecular complexity index is 203. The van der Waals surface area contributed by atoms with E-state index in [-0.39, 0.29) is 5.54 Å². The molecule has 0 amide bonds. The van der Waals surface area contributed by atoms with E-state index in [9.17, 15) is 0 Å². The van der Waals surface area contributed by atoms with Crippen molar-refractivity contribution in [2.45, 2.75) is 32.2 Å². The highest BCUT2D eigenvalue weighted by Crippen LogP contribution is 2.18. The molecule has 96 valence electrons. The van der Waals surface area contributed by atoms with Gasteiger partial charge in [-0.3, -0.25) is 0 Å². The summed E-state index contributed by atoms with van der Waals surface area (Å²) in [7, 11) is 6.51. The molecule has 1 fully saturated rings. The molecule has 1 rings (SSSR count). The van der Waals surface area contributed by atoms with Crippen LogP contribution in [0.3, 0.4) is 0 Å². The molecular weight excluding hydrogens is 198 g/mol. The molecule has 1 aliphatic heterocycles. The van der Waals surface area contributed by atoms with Crippen LogP contribution in [-0.4, -0.2) is 62.7 Å². The highest BCUT2D eigenvalue weighted by molar-refractivity contribution is 4.80. The summed E-state index contributed by atoms with van der Waals surface area (Å²) >= 11 is 0. The van der Waals surface area contributed by atoms with Gasteiger partial charge >= 0.3 is 0 Å². The minimum Gasteiger partial charge on any atom is -0.314 e. The Morgan fingerprint density at radius 2 is 2.12 bits per heavy atom. The van der Waals surface area contributed by atoms with Gasteiger partial charge in [0.1, 0.15) is 0 Å². The summed E-state index contributed by atoms with van der Waals surface area (Å²) in [6, 6.07) is 0. The molecule has 0 aliphatic carbocycles. The van der Waals surface area contributed by atoms with E-state index in [0.717, 1.165) is 12.5 Å². The highest BCUT2D eigenvalue weighted by atomic mass is 15.1. The molecule has 0 aromatic carbocycles. The van der Waals surface area contributed by atoms with Crippen LogP contribution in [0.15, 0.2) is 0 Å². The third-order valence-corrected chi connectivity index (χ3v) is 3.75. The number of hydrogen-bond donors (Lipinski definition) is 1. The van der Waals surface area contributed by atoms with Gasteiger partial charge in [-0.1, -0.05) is 0 Å². The minimum atomic E-state index is 0.223. The van der Waals surface area contributed by atoms with E-state index in [1.54, 1.807) is 0 Å². The number of likely N-dealkylation sites (N-methyl/N-ethyl adjacent to an activating group) is 2. The number of hydrogen-bond acceptors (Lipinski definition) is 3. The summed E-state index contributed by atoms with van der Waals surface area (Å²) < 4.78 is 0. The zero-order chi connectivity index (χ0) is 12.2. The maximum absolute atomic E-state index is 3.36. The van der Waals surface area contributed by atoms with Crippen molar-refractivity contribution in [2.24, 2.45) is 5.92 Å². The Labute approximate surface area is 101 Å². The predicted octanol–water partition coefficient (Wildman–Crippen LogP) is 1.26. The second kappa shape index (κ2) is 5.99. The van der Waals surface area contributed by atoms with Gasteiger partial charge in [-0.2, -0.15) is 0 Å². The Morgan fingerprint density at radius 3 is 2.62 bits per heavy atom. The Morgan fingerprint density at radius 1 is 1.44 bits per heavy atom. The summed E-state index contributed by atoms with van der Waals surface area (Å²) in [5, 5.41) is 3.36. The van der Waals surface area contributed by atoms with Gasteiger partial charge in [0, 0.05) is 18.6 Å². The molecule has 0 spiro atoms. The van der Waals surface area contributed by atoms with Crippen LogP contribution in [0.4, 0.5) is 0 Å². The van der Waals surface area contributed by atoms with Crippen molar-refractivity contribution in [3.05, 3.63) is 0 Å². The van der Waals surface area contributed by atoms with Gasteiger partial charge in [-0.15, -0.1) is 0 Å². The molecule has 1 atom stereocenters. The van der Waals surface area contributed by atoms with E-state index in [0.29, 0.717) is 0 Å². The molecule has 0 aromatic heterocycles. The Hall–Kier alpha value is -0.120. The summed E-state index contributed by atoms with van der Waals surface area (Å²) in [5.41, 5.74) is 0.223. The van der Waals surface area contributed by atoms with E-state index in [4.69, 9.17) is 0 Å². The number of likely N-dealkylation sites (tertiary alicyclic amines) is 1. The molecule has 0 aromatic rings. The smallest absolute Gasteiger partial charge is 0.0249 e. The van der Waals surface area contributed by atoms with Gasteiger partial charge in [0.2, 0.25) is 0 Å². The van der Waals surface area contributed by atoms with Crippen LogP contribution in [0.25, 0.3) is 0 Å². The Balaban J connectivity index is 2.17. The van der Waals surface area contributed by atoms with Crippen molar-refractivity contribution in [1.82, 2.24) is 15.1 Å². The fourth-order valence-corrected chi connectivity index (χ4v) is 2.50. The van der Waals surface area contributed by atoms with Crippen LogP contribution in [0.2, 0.25) is 0 Å². The molecule has 1 saturated heterocycles. The summed E-state index contributed by atoms with van der Waals surface area (Å²) in [6.07, 6.45) is 2.74. The molecule has 0 radical (unpaired) electrons. The molecule has 16 heavy (non-hydrogen) atoms. The number of rotatable bonds is 6. The van der Waals surface area contributed by atoms with Crippen LogP contribution < -0.4 is 5.32 Å². The summed E-state index contributed by atoms with van der Waals surface area (Å²) in [4.78, 5) is 4.90. The third-order valence-electron chi connectivity index (χ3n) is 3.75. The lowest BCUT2D eigenvalue weighted by atomic mass is 10.0. The fourth-order valence-electron chi connectivity index (χ4n) is 2.50.